The van der Waals surface area contributed by atoms with E-state index in [4.69, 9.17) is 11.6 Å². The largest absolute Gasteiger partial charge is 0.309 e. The van der Waals surface area contributed by atoms with Crippen molar-refractivity contribution in [3.8, 4) is 0 Å². The van der Waals surface area contributed by atoms with Crippen LogP contribution in [0, 0.1) is 19.3 Å². The number of hydrogen-bond donors (Lipinski definition) is 1. The number of nitrogens with zero attached hydrogens (tertiary/aromatic N) is 2. The zero-order chi connectivity index (χ0) is 16.8. The van der Waals surface area contributed by atoms with Crippen molar-refractivity contribution < 1.29 is 4.79 Å². The van der Waals surface area contributed by atoms with Crippen molar-refractivity contribution in [2.24, 2.45) is 5.41 Å². The molecule has 1 aromatic heterocycles. The van der Waals surface area contributed by atoms with E-state index in [1.165, 1.54) is 4.68 Å². The molecule has 0 aliphatic carbocycles. The lowest BCUT2D eigenvalue weighted by molar-refractivity contribution is 0.0677. The molecule has 2 aromatic rings. The van der Waals surface area contributed by atoms with E-state index >= 15 is 0 Å². The van der Waals surface area contributed by atoms with Crippen molar-refractivity contribution >= 4 is 33.4 Å². The molecule has 0 spiro atoms. The Hall–Kier alpha value is -1.17. The summed E-state index contributed by atoms with van der Waals surface area (Å²) >= 11 is 9.48. The first kappa shape index (κ1) is 16.7. The highest BCUT2D eigenvalue weighted by atomic mass is 79.9. The van der Waals surface area contributed by atoms with E-state index in [1.807, 2.05) is 45.0 Å². The highest BCUT2D eigenvalue weighted by Crippen LogP contribution is 2.43. The molecule has 23 heavy (non-hydrogen) atoms. The van der Waals surface area contributed by atoms with Gasteiger partial charge in [-0.05, 0) is 67.4 Å². The molecule has 0 amide bonds. The lowest BCUT2D eigenvalue weighted by atomic mass is 9.78. The molecule has 0 radical (unpaired) electrons. The highest BCUT2D eigenvalue weighted by Gasteiger charge is 2.47. The number of nitrogens with one attached hydrogen (secondary N) is 1. The molecule has 2 heterocycles. The monoisotopic (exact) mass is 395 g/mol. The fraction of sp³-hybridized carbons (Fsp3) is 0.412. The van der Waals surface area contributed by atoms with Gasteiger partial charge in [0.15, 0.2) is 0 Å². The Bertz CT molecular complexity index is 756. The highest BCUT2D eigenvalue weighted by molar-refractivity contribution is 9.10. The molecule has 0 bridgehead atoms. The van der Waals surface area contributed by atoms with Crippen LogP contribution in [0.2, 0.25) is 5.02 Å². The molecule has 1 N–H and O–H groups in total. The second-order valence-corrected chi connectivity index (χ2v) is 7.54. The summed E-state index contributed by atoms with van der Waals surface area (Å²) in [4.78, 5) is 13.2. The third-order valence-corrected chi connectivity index (χ3v) is 6.12. The molecule has 0 unspecified atom stereocenters. The van der Waals surface area contributed by atoms with E-state index in [2.05, 4.69) is 26.3 Å². The Balaban J connectivity index is 2.00. The molecular formula is C17H19BrClN3O. The van der Waals surface area contributed by atoms with Gasteiger partial charge in [-0.3, -0.25) is 4.79 Å². The molecule has 0 saturated carbocycles. The van der Waals surface area contributed by atoms with Crippen LogP contribution >= 0.6 is 27.5 Å². The summed E-state index contributed by atoms with van der Waals surface area (Å²) in [5, 5.41) is 8.57. The van der Waals surface area contributed by atoms with E-state index < -0.39 is 5.41 Å². The Morgan fingerprint density at radius 1 is 1.39 bits per heavy atom. The summed E-state index contributed by atoms with van der Waals surface area (Å²) < 4.78 is 2.43. The molecule has 3 rings (SSSR count). The minimum absolute atomic E-state index is 0.0220. The normalized spacial score (nSPS) is 24.1. The van der Waals surface area contributed by atoms with Gasteiger partial charge < -0.3 is 5.32 Å². The number of benzene rings is 1. The van der Waals surface area contributed by atoms with E-state index in [0.29, 0.717) is 5.02 Å². The number of carbonyl (C=O) groups is 1. The predicted octanol–water partition coefficient (Wildman–Crippen LogP) is 4.30. The Labute approximate surface area is 149 Å². The lowest BCUT2D eigenvalue weighted by Crippen LogP contribution is -2.38. The quantitative estimate of drug-likeness (QED) is 0.823. The molecule has 122 valence electrons. The smallest absolute Gasteiger partial charge is 0.255 e. The van der Waals surface area contributed by atoms with Gasteiger partial charge in [-0.2, -0.15) is 5.10 Å². The van der Waals surface area contributed by atoms with Crippen LogP contribution in [-0.4, -0.2) is 22.2 Å². The fourth-order valence-corrected chi connectivity index (χ4v) is 3.65. The first-order valence-corrected chi connectivity index (χ1v) is 8.77. The van der Waals surface area contributed by atoms with E-state index in [9.17, 15) is 4.79 Å². The zero-order valence-electron chi connectivity index (χ0n) is 13.4. The van der Waals surface area contributed by atoms with Crippen LogP contribution in [0.1, 0.15) is 41.1 Å². The Morgan fingerprint density at radius 3 is 2.61 bits per heavy atom. The molecule has 6 heteroatoms. The van der Waals surface area contributed by atoms with Crippen molar-refractivity contribution in [3.05, 3.63) is 50.7 Å². The van der Waals surface area contributed by atoms with Crippen LogP contribution in [-0.2, 0) is 0 Å². The standard InChI is InChI=1S/C17H19BrClN3O/c1-10-14(18)11(2)22(21-10)16(23)17(3)8-9-20-15(17)12-4-6-13(19)7-5-12/h4-7,15,20H,8-9H2,1-3H3/t15-,17+/m1/s1. The van der Waals surface area contributed by atoms with Crippen LogP contribution in [0.15, 0.2) is 28.7 Å². The Morgan fingerprint density at radius 2 is 2.04 bits per heavy atom. The van der Waals surface area contributed by atoms with Gasteiger partial charge in [0, 0.05) is 11.1 Å². The second-order valence-electron chi connectivity index (χ2n) is 6.31. The van der Waals surface area contributed by atoms with Gasteiger partial charge in [0.05, 0.1) is 21.3 Å². The lowest BCUT2D eigenvalue weighted by Gasteiger charge is -2.30. The van der Waals surface area contributed by atoms with E-state index in [1.54, 1.807) is 0 Å². The number of aryl methyl sites for hydroxylation is 1. The summed E-state index contributed by atoms with van der Waals surface area (Å²) in [6.07, 6.45) is 0.773. The number of aromatic nitrogens is 2. The topological polar surface area (TPSA) is 46.9 Å². The maximum atomic E-state index is 13.2. The third kappa shape index (κ3) is 2.75. The van der Waals surface area contributed by atoms with Crippen molar-refractivity contribution in [1.82, 2.24) is 15.1 Å². The SMILES string of the molecule is Cc1nn(C(=O)[C@@]2(C)CCN[C@@H]2c2ccc(Cl)cc2)c(C)c1Br. The summed E-state index contributed by atoms with van der Waals surface area (Å²) in [7, 11) is 0. The summed E-state index contributed by atoms with van der Waals surface area (Å²) in [6.45, 7) is 6.62. The van der Waals surface area contributed by atoms with Crippen LogP contribution < -0.4 is 5.32 Å². The van der Waals surface area contributed by atoms with Crippen LogP contribution in [0.4, 0.5) is 0 Å². The number of rotatable bonds is 2. The minimum atomic E-state index is -0.545. The molecule has 1 aliphatic heterocycles. The van der Waals surface area contributed by atoms with E-state index in [-0.39, 0.29) is 11.9 Å². The van der Waals surface area contributed by atoms with Gasteiger partial charge >= 0.3 is 0 Å². The van der Waals surface area contributed by atoms with Gasteiger partial charge in [0.1, 0.15) is 0 Å². The summed E-state index contributed by atoms with van der Waals surface area (Å²) in [6, 6.07) is 7.64. The van der Waals surface area contributed by atoms with Gasteiger partial charge in [-0.1, -0.05) is 23.7 Å². The fourth-order valence-electron chi connectivity index (χ4n) is 3.28. The number of carbonyl (C=O) groups excluding carboxylic acids is 1. The second kappa shape index (κ2) is 6.04. The van der Waals surface area contributed by atoms with Crippen molar-refractivity contribution in [1.29, 1.82) is 0 Å². The number of hydrogen-bond acceptors (Lipinski definition) is 3. The molecular weight excluding hydrogens is 378 g/mol. The maximum Gasteiger partial charge on any atom is 0.255 e. The maximum absolute atomic E-state index is 13.2. The molecule has 1 aromatic carbocycles. The summed E-state index contributed by atoms with van der Waals surface area (Å²) in [5.41, 5.74) is 2.20. The number of halogens is 2. The van der Waals surface area contributed by atoms with Gasteiger partial charge in [0.25, 0.3) is 5.91 Å². The molecule has 1 aliphatic rings. The van der Waals surface area contributed by atoms with Gasteiger partial charge in [-0.15, -0.1) is 0 Å². The summed E-state index contributed by atoms with van der Waals surface area (Å²) in [5.74, 6) is 0.0220. The molecule has 2 atom stereocenters. The van der Waals surface area contributed by atoms with Crippen LogP contribution in [0.3, 0.4) is 0 Å². The van der Waals surface area contributed by atoms with Crippen LogP contribution in [0.25, 0.3) is 0 Å². The molecule has 1 saturated heterocycles. The Kier molecular flexibility index (Phi) is 4.38. The van der Waals surface area contributed by atoms with Gasteiger partial charge in [-0.25, -0.2) is 4.68 Å². The van der Waals surface area contributed by atoms with Crippen molar-refractivity contribution in [2.45, 2.75) is 33.2 Å². The van der Waals surface area contributed by atoms with Crippen molar-refractivity contribution in [2.75, 3.05) is 6.54 Å². The molecule has 1 fully saturated rings. The predicted molar refractivity (Wildman–Crippen MR) is 94.9 cm³/mol. The first-order valence-electron chi connectivity index (χ1n) is 7.60. The molecule has 4 nitrogen and oxygen atoms in total. The average Bonchev–Trinajstić information content (AvgIpc) is 3.04. The third-order valence-electron chi connectivity index (χ3n) is 4.72. The van der Waals surface area contributed by atoms with E-state index in [0.717, 1.165) is 34.4 Å². The van der Waals surface area contributed by atoms with Gasteiger partial charge in [0.2, 0.25) is 0 Å². The first-order chi connectivity index (χ1) is 10.8. The average molecular weight is 397 g/mol. The van der Waals surface area contributed by atoms with Crippen LogP contribution in [0.5, 0.6) is 0 Å². The van der Waals surface area contributed by atoms with Crippen molar-refractivity contribution in [3.63, 3.8) is 0 Å². The zero-order valence-corrected chi connectivity index (χ0v) is 15.7. The minimum Gasteiger partial charge on any atom is -0.309 e.